The van der Waals surface area contributed by atoms with E-state index in [2.05, 4.69) is 0 Å². The minimum atomic E-state index is -0.290. The molecule has 0 spiro atoms. The van der Waals surface area contributed by atoms with Crippen molar-refractivity contribution >= 4 is 6.29 Å². The number of halogens is 1. The molecule has 0 N–H and O–H groups in total. The first kappa shape index (κ1) is 10.6. The molecule has 0 saturated heterocycles. The van der Waals surface area contributed by atoms with Crippen LogP contribution in [-0.4, -0.2) is 10.9 Å². The molecule has 0 amide bonds. The van der Waals surface area contributed by atoms with Gasteiger partial charge in [0.05, 0.1) is 5.69 Å². The van der Waals surface area contributed by atoms with Gasteiger partial charge >= 0.3 is 0 Å². The summed E-state index contributed by atoms with van der Waals surface area (Å²) >= 11 is 0. The van der Waals surface area contributed by atoms with Crippen molar-refractivity contribution in [3.63, 3.8) is 0 Å². The first-order valence-electron chi connectivity index (χ1n) is 5.04. The number of rotatable bonds is 2. The largest absolute Gasteiger partial charge is 0.315 e. The monoisotopic (exact) mass is 217 g/mol. The van der Waals surface area contributed by atoms with Crippen molar-refractivity contribution in [3.05, 3.63) is 53.1 Å². The van der Waals surface area contributed by atoms with Crippen LogP contribution < -0.4 is 0 Å². The molecule has 2 rings (SSSR count). The second kappa shape index (κ2) is 3.93. The molecule has 2 nitrogen and oxygen atoms in total. The summed E-state index contributed by atoms with van der Waals surface area (Å²) in [5.41, 5.74) is 2.69. The maximum absolute atomic E-state index is 13.6. The highest BCUT2D eigenvalue weighted by Crippen LogP contribution is 2.21. The third kappa shape index (κ3) is 1.54. The molecule has 0 aliphatic heterocycles. The molecule has 0 aliphatic rings. The van der Waals surface area contributed by atoms with E-state index in [0.29, 0.717) is 11.3 Å². The smallest absolute Gasteiger partial charge is 0.151 e. The van der Waals surface area contributed by atoms with E-state index in [0.717, 1.165) is 17.7 Å². The lowest BCUT2D eigenvalue weighted by Crippen LogP contribution is -2.02. The van der Waals surface area contributed by atoms with E-state index in [4.69, 9.17) is 0 Å². The number of aromatic nitrogens is 1. The first-order chi connectivity index (χ1) is 7.65. The average Bonchev–Trinajstić information content (AvgIpc) is 2.55. The molecule has 0 fully saturated rings. The van der Waals surface area contributed by atoms with Crippen molar-refractivity contribution in [2.24, 2.45) is 0 Å². The summed E-state index contributed by atoms with van der Waals surface area (Å²) < 4.78 is 15.4. The molecular weight excluding hydrogens is 205 g/mol. The van der Waals surface area contributed by atoms with Crippen LogP contribution in [0.25, 0.3) is 5.69 Å². The third-order valence-electron chi connectivity index (χ3n) is 2.69. The Bertz CT molecular complexity index is 543. The van der Waals surface area contributed by atoms with E-state index in [1.807, 2.05) is 13.8 Å². The lowest BCUT2D eigenvalue weighted by molar-refractivity contribution is 0.112. The molecule has 2 aromatic rings. The summed E-state index contributed by atoms with van der Waals surface area (Å²) in [4.78, 5) is 10.8. The van der Waals surface area contributed by atoms with Crippen LogP contribution in [0.2, 0.25) is 0 Å². The van der Waals surface area contributed by atoms with Gasteiger partial charge in [-0.05, 0) is 32.0 Å². The zero-order valence-electron chi connectivity index (χ0n) is 9.20. The number of nitrogens with zero attached hydrogens (tertiary/aromatic N) is 1. The van der Waals surface area contributed by atoms with Crippen molar-refractivity contribution in [3.8, 4) is 5.69 Å². The molecule has 3 heteroatoms. The fourth-order valence-electron chi connectivity index (χ4n) is 1.91. The van der Waals surface area contributed by atoms with E-state index in [-0.39, 0.29) is 5.82 Å². The molecule has 0 radical (unpaired) electrons. The topological polar surface area (TPSA) is 22.0 Å². The maximum Gasteiger partial charge on any atom is 0.151 e. The Kier molecular flexibility index (Phi) is 2.60. The second-order valence-corrected chi connectivity index (χ2v) is 3.73. The Morgan fingerprint density at radius 3 is 2.50 bits per heavy atom. The summed E-state index contributed by atoms with van der Waals surface area (Å²) in [6.07, 6.45) is 0.791. The standard InChI is InChI=1S/C13H12FNO/c1-9-7-11(8-16)10(2)15(9)13-6-4-3-5-12(13)14/h3-8H,1-2H3. The number of hydrogen-bond acceptors (Lipinski definition) is 1. The van der Waals surface area contributed by atoms with E-state index < -0.39 is 0 Å². The number of benzene rings is 1. The number of aryl methyl sites for hydroxylation is 1. The Morgan fingerprint density at radius 2 is 1.94 bits per heavy atom. The molecule has 1 aromatic carbocycles. The van der Waals surface area contributed by atoms with Gasteiger partial charge in [-0.25, -0.2) is 4.39 Å². The van der Waals surface area contributed by atoms with Crippen LogP contribution in [0.15, 0.2) is 30.3 Å². The van der Waals surface area contributed by atoms with Crippen LogP contribution in [0.3, 0.4) is 0 Å². The molecule has 0 unspecified atom stereocenters. The lowest BCUT2D eigenvalue weighted by atomic mass is 10.2. The van der Waals surface area contributed by atoms with Crippen molar-refractivity contribution in [1.82, 2.24) is 4.57 Å². The van der Waals surface area contributed by atoms with Gasteiger partial charge in [0.25, 0.3) is 0 Å². The highest BCUT2D eigenvalue weighted by Gasteiger charge is 2.12. The van der Waals surface area contributed by atoms with Crippen LogP contribution in [0.1, 0.15) is 21.7 Å². The zero-order chi connectivity index (χ0) is 11.7. The highest BCUT2D eigenvalue weighted by atomic mass is 19.1. The van der Waals surface area contributed by atoms with Gasteiger partial charge < -0.3 is 4.57 Å². The summed E-state index contributed by atoms with van der Waals surface area (Å²) in [6, 6.07) is 8.29. The number of para-hydroxylation sites is 1. The quantitative estimate of drug-likeness (QED) is 0.708. The fourth-order valence-corrected chi connectivity index (χ4v) is 1.91. The normalized spacial score (nSPS) is 10.4. The van der Waals surface area contributed by atoms with Crippen LogP contribution in [0, 0.1) is 19.7 Å². The number of carbonyl (C=O) groups is 1. The minimum absolute atomic E-state index is 0.290. The van der Waals surface area contributed by atoms with Crippen molar-refractivity contribution in [2.45, 2.75) is 13.8 Å². The molecule has 0 aliphatic carbocycles. The highest BCUT2D eigenvalue weighted by molar-refractivity contribution is 5.77. The number of hydrogen-bond donors (Lipinski definition) is 0. The molecule has 1 aromatic heterocycles. The molecule has 0 saturated carbocycles. The average molecular weight is 217 g/mol. The number of carbonyl (C=O) groups excluding carboxylic acids is 1. The van der Waals surface area contributed by atoms with E-state index in [9.17, 15) is 9.18 Å². The Labute approximate surface area is 93.3 Å². The maximum atomic E-state index is 13.6. The SMILES string of the molecule is Cc1cc(C=O)c(C)n1-c1ccccc1F. The van der Waals surface area contributed by atoms with Crippen molar-refractivity contribution in [2.75, 3.05) is 0 Å². The fraction of sp³-hybridized carbons (Fsp3) is 0.154. The minimum Gasteiger partial charge on any atom is -0.315 e. The predicted molar refractivity (Wildman–Crippen MR) is 60.6 cm³/mol. The molecule has 82 valence electrons. The summed E-state index contributed by atoms with van der Waals surface area (Å²) in [6.45, 7) is 3.66. The summed E-state index contributed by atoms with van der Waals surface area (Å²) in [5.74, 6) is -0.290. The van der Waals surface area contributed by atoms with Gasteiger partial charge in [0, 0.05) is 17.0 Å². The molecule has 1 heterocycles. The van der Waals surface area contributed by atoms with Gasteiger partial charge in [-0.1, -0.05) is 12.1 Å². The van der Waals surface area contributed by atoms with Gasteiger partial charge in [-0.15, -0.1) is 0 Å². The molecule has 0 atom stereocenters. The summed E-state index contributed by atoms with van der Waals surface area (Å²) in [5, 5.41) is 0. The van der Waals surface area contributed by atoms with Crippen LogP contribution >= 0.6 is 0 Å². The van der Waals surface area contributed by atoms with Gasteiger partial charge in [0.1, 0.15) is 5.82 Å². The molecule has 0 bridgehead atoms. The number of aldehydes is 1. The predicted octanol–water partition coefficient (Wildman–Crippen LogP) is 3.05. The van der Waals surface area contributed by atoms with E-state index >= 15 is 0 Å². The van der Waals surface area contributed by atoms with Crippen LogP contribution in [-0.2, 0) is 0 Å². The molecular formula is C13H12FNO. The Morgan fingerprint density at radius 1 is 1.25 bits per heavy atom. The van der Waals surface area contributed by atoms with Gasteiger partial charge in [0.2, 0.25) is 0 Å². The third-order valence-corrected chi connectivity index (χ3v) is 2.69. The van der Waals surface area contributed by atoms with Gasteiger partial charge in [-0.3, -0.25) is 4.79 Å². The van der Waals surface area contributed by atoms with E-state index in [1.54, 1.807) is 28.8 Å². The van der Waals surface area contributed by atoms with Gasteiger partial charge in [0.15, 0.2) is 6.29 Å². The van der Waals surface area contributed by atoms with Gasteiger partial charge in [-0.2, -0.15) is 0 Å². The van der Waals surface area contributed by atoms with E-state index in [1.165, 1.54) is 6.07 Å². The zero-order valence-corrected chi connectivity index (χ0v) is 9.20. The van der Waals surface area contributed by atoms with Crippen LogP contribution in [0.5, 0.6) is 0 Å². The second-order valence-electron chi connectivity index (χ2n) is 3.73. The molecule has 16 heavy (non-hydrogen) atoms. The summed E-state index contributed by atoms with van der Waals surface area (Å²) in [7, 11) is 0. The lowest BCUT2D eigenvalue weighted by Gasteiger charge is -2.10. The first-order valence-corrected chi connectivity index (χ1v) is 5.04. The Balaban J connectivity index is 2.69. The van der Waals surface area contributed by atoms with Crippen molar-refractivity contribution < 1.29 is 9.18 Å². The Hall–Kier alpha value is -1.90. The van der Waals surface area contributed by atoms with Crippen LogP contribution in [0.4, 0.5) is 4.39 Å². The van der Waals surface area contributed by atoms with Crippen molar-refractivity contribution in [1.29, 1.82) is 0 Å².